The van der Waals surface area contributed by atoms with Gasteiger partial charge in [0.15, 0.2) is 0 Å². The van der Waals surface area contributed by atoms with Crippen LogP contribution in [-0.4, -0.2) is 11.8 Å². The molecular weight excluding hydrogens is 272 g/mol. The van der Waals surface area contributed by atoms with Crippen LogP contribution in [-0.2, 0) is 17.6 Å². The average Bonchev–Trinajstić information content (AvgIpc) is 2.64. The third kappa shape index (κ3) is 3.10. The summed E-state index contributed by atoms with van der Waals surface area (Å²) < 4.78 is 0. The molecule has 0 aliphatic heterocycles. The van der Waals surface area contributed by atoms with Crippen LogP contribution in [0, 0.1) is 5.92 Å². The van der Waals surface area contributed by atoms with Gasteiger partial charge in [-0.25, -0.2) is 0 Å². The first-order valence-corrected chi connectivity index (χ1v) is 7.60. The fraction of sp³-hybridized carbons (Fsp3) is 0.467. The second-order valence-electron chi connectivity index (χ2n) is 5.63. The molecular formula is C15H20N2O2S. The molecule has 0 radical (unpaired) electrons. The Morgan fingerprint density at radius 2 is 2.10 bits per heavy atom. The van der Waals surface area contributed by atoms with Crippen molar-refractivity contribution in [2.75, 3.05) is 5.32 Å². The van der Waals surface area contributed by atoms with E-state index in [1.807, 2.05) is 13.8 Å². The first-order valence-electron chi connectivity index (χ1n) is 6.78. The van der Waals surface area contributed by atoms with Crippen LogP contribution >= 0.6 is 11.3 Å². The maximum absolute atomic E-state index is 11.8. The molecule has 1 heterocycles. The molecule has 0 unspecified atom stereocenters. The number of hydrogen-bond donors (Lipinski definition) is 2. The zero-order chi connectivity index (χ0) is 14.9. The Morgan fingerprint density at radius 1 is 1.40 bits per heavy atom. The van der Waals surface area contributed by atoms with E-state index in [1.165, 1.54) is 22.3 Å². The van der Waals surface area contributed by atoms with Crippen LogP contribution in [0.3, 0.4) is 0 Å². The van der Waals surface area contributed by atoms with Crippen molar-refractivity contribution in [3.05, 3.63) is 27.7 Å². The van der Waals surface area contributed by atoms with E-state index in [4.69, 9.17) is 5.73 Å². The normalized spacial score (nSPS) is 17.2. The van der Waals surface area contributed by atoms with Gasteiger partial charge in [-0.1, -0.05) is 12.5 Å². The number of nitrogens with two attached hydrogens (primary N) is 1. The number of carbonyl (C=O) groups excluding carboxylic acids is 2. The molecule has 20 heavy (non-hydrogen) atoms. The van der Waals surface area contributed by atoms with E-state index < -0.39 is 5.91 Å². The van der Waals surface area contributed by atoms with Gasteiger partial charge in [0.1, 0.15) is 5.00 Å². The van der Waals surface area contributed by atoms with E-state index in [0.717, 1.165) is 30.4 Å². The Morgan fingerprint density at radius 3 is 2.70 bits per heavy atom. The Kier molecular flexibility index (Phi) is 4.28. The highest BCUT2D eigenvalue weighted by Gasteiger charge is 2.26. The number of hydrogen-bond acceptors (Lipinski definition) is 3. The van der Waals surface area contributed by atoms with Crippen molar-refractivity contribution in [1.82, 2.24) is 0 Å². The van der Waals surface area contributed by atoms with Crippen LogP contribution < -0.4 is 11.1 Å². The molecule has 2 rings (SSSR count). The van der Waals surface area contributed by atoms with Crippen LogP contribution in [0.2, 0.25) is 0 Å². The lowest BCUT2D eigenvalue weighted by atomic mass is 9.88. The van der Waals surface area contributed by atoms with Crippen LogP contribution in [0.25, 0.3) is 0 Å². The summed E-state index contributed by atoms with van der Waals surface area (Å²) in [5, 5.41) is 3.39. The molecule has 5 heteroatoms. The number of anilines is 1. The van der Waals surface area contributed by atoms with Crippen molar-refractivity contribution in [3.8, 4) is 0 Å². The lowest BCUT2D eigenvalue weighted by Gasteiger charge is -2.18. The minimum atomic E-state index is -0.454. The molecule has 1 aromatic rings. The van der Waals surface area contributed by atoms with Crippen LogP contribution in [0.4, 0.5) is 5.00 Å². The summed E-state index contributed by atoms with van der Waals surface area (Å²) in [6, 6.07) is 0. The molecule has 4 nitrogen and oxygen atoms in total. The molecule has 0 saturated heterocycles. The molecule has 0 aromatic carbocycles. The summed E-state index contributed by atoms with van der Waals surface area (Å²) in [4.78, 5) is 24.7. The fourth-order valence-electron chi connectivity index (χ4n) is 2.51. The third-order valence-corrected chi connectivity index (χ3v) is 4.58. The number of rotatable bonds is 3. The highest BCUT2D eigenvalue weighted by Crippen LogP contribution is 2.39. The van der Waals surface area contributed by atoms with Crippen LogP contribution in [0.1, 0.15) is 48.0 Å². The van der Waals surface area contributed by atoms with Gasteiger partial charge in [0.05, 0.1) is 5.56 Å². The molecule has 1 aliphatic rings. The quantitative estimate of drug-likeness (QED) is 0.841. The first-order chi connectivity index (χ1) is 9.38. The van der Waals surface area contributed by atoms with E-state index in [0.29, 0.717) is 16.5 Å². The predicted molar refractivity (Wildman–Crippen MR) is 82.1 cm³/mol. The zero-order valence-corrected chi connectivity index (χ0v) is 12.9. The smallest absolute Gasteiger partial charge is 0.251 e. The number of fused-ring (bicyclic) bond motifs is 1. The fourth-order valence-corrected chi connectivity index (χ4v) is 3.93. The van der Waals surface area contributed by atoms with Crippen molar-refractivity contribution in [1.29, 1.82) is 0 Å². The molecule has 1 aromatic heterocycles. The van der Waals surface area contributed by atoms with Gasteiger partial charge in [0.25, 0.3) is 5.91 Å². The van der Waals surface area contributed by atoms with E-state index in [9.17, 15) is 9.59 Å². The SMILES string of the molecule is CC(C)=CC(=O)Nc1sc2c(c1C(N)=O)CC[C@@H](C)C2. The molecule has 1 atom stereocenters. The van der Waals surface area contributed by atoms with E-state index in [1.54, 1.807) is 0 Å². The van der Waals surface area contributed by atoms with Gasteiger partial charge in [0.2, 0.25) is 5.91 Å². The number of amides is 2. The zero-order valence-electron chi connectivity index (χ0n) is 12.1. The first kappa shape index (κ1) is 14.8. The molecule has 0 saturated carbocycles. The van der Waals surface area contributed by atoms with Gasteiger partial charge in [-0.05, 0) is 44.6 Å². The Bertz CT molecular complexity index is 583. The monoisotopic (exact) mass is 292 g/mol. The Hall–Kier alpha value is -1.62. The van der Waals surface area contributed by atoms with Gasteiger partial charge < -0.3 is 11.1 Å². The molecule has 108 valence electrons. The standard InChI is InChI=1S/C15H20N2O2S/c1-8(2)6-12(18)17-15-13(14(16)19)10-5-4-9(3)7-11(10)20-15/h6,9H,4-5,7H2,1-3H3,(H2,16,19)(H,17,18)/t9-/m1/s1. The second-order valence-corrected chi connectivity index (χ2v) is 6.74. The van der Waals surface area contributed by atoms with E-state index in [-0.39, 0.29) is 5.91 Å². The van der Waals surface area contributed by atoms with Crippen LogP contribution in [0.15, 0.2) is 11.6 Å². The maximum atomic E-state index is 11.8. The summed E-state index contributed by atoms with van der Waals surface area (Å²) in [6.45, 7) is 5.92. The highest BCUT2D eigenvalue weighted by molar-refractivity contribution is 7.17. The lowest BCUT2D eigenvalue weighted by Crippen LogP contribution is -2.18. The second kappa shape index (κ2) is 5.79. The van der Waals surface area contributed by atoms with Crippen molar-refractivity contribution in [2.45, 2.75) is 40.0 Å². The summed E-state index contributed by atoms with van der Waals surface area (Å²) in [6.07, 6.45) is 4.40. The average molecular weight is 292 g/mol. The molecule has 2 amide bonds. The molecule has 0 spiro atoms. The summed E-state index contributed by atoms with van der Waals surface area (Å²) in [5.41, 5.74) is 7.95. The summed E-state index contributed by atoms with van der Waals surface area (Å²) >= 11 is 1.49. The summed E-state index contributed by atoms with van der Waals surface area (Å²) in [5.74, 6) is -0.0492. The molecule has 1 aliphatic carbocycles. The number of thiophene rings is 1. The number of allylic oxidation sites excluding steroid dienone is 1. The number of nitrogens with one attached hydrogen (secondary N) is 1. The largest absolute Gasteiger partial charge is 0.365 e. The molecule has 0 fully saturated rings. The topological polar surface area (TPSA) is 72.2 Å². The summed E-state index contributed by atoms with van der Waals surface area (Å²) in [7, 11) is 0. The Balaban J connectivity index is 2.36. The lowest BCUT2D eigenvalue weighted by molar-refractivity contribution is -0.111. The number of carbonyl (C=O) groups is 2. The van der Waals surface area contributed by atoms with Crippen molar-refractivity contribution in [2.24, 2.45) is 11.7 Å². The predicted octanol–water partition coefficient (Wildman–Crippen LogP) is 2.88. The van der Waals surface area contributed by atoms with Gasteiger partial charge in [0, 0.05) is 11.0 Å². The highest BCUT2D eigenvalue weighted by atomic mass is 32.1. The van der Waals surface area contributed by atoms with Crippen molar-refractivity contribution < 1.29 is 9.59 Å². The maximum Gasteiger partial charge on any atom is 0.251 e. The van der Waals surface area contributed by atoms with Crippen molar-refractivity contribution >= 4 is 28.2 Å². The van der Waals surface area contributed by atoms with Gasteiger partial charge in [-0.2, -0.15) is 0 Å². The molecule has 3 N–H and O–H groups in total. The van der Waals surface area contributed by atoms with Gasteiger partial charge in [-0.3, -0.25) is 9.59 Å². The van der Waals surface area contributed by atoms with Crippen LogP contribution in [0.5, 0.6) is 0 Å². The minimum Gasteiger partial charge on any atom is -0.365 e. The van der Waals surface area contributed by atoms with E-state index >= 15 is 0 Å². The van der Waals surface area contributed by atoms with Gasteiger partial charge >= 0.3 is 0 Å². The molecule has 0 bridgehead atoms. The number of primary amides is 1. The minimum absolute atomic E-state index is 0.209. The Labute approximate surface area is 123 Å². The van der Waals surface area contributed by atoms with E-state index in [2.05, 4.69) is 12.2 Å². The van der Waals surface area contributed by atoms with Crippen molar-refractivity contribution in [3.63, 3.8) is 0 Å². The third-order valence-electron chi connectivity index (χ3n) is 3.41. The van der Waals surface area contributed by atoms with Gasteiger partial charge in [-0.15, -0.1) is 11.3 Å².